The molecule has 1 aromatic rings. The summed E-state index contributed by atoms with van der Waals surface area (Å²) in [5.41, 5.74) is 5.71. The van der Waals surface area contributed by atoms with Crippen LogP contribution in [0.25, 0.3) is 0 Å². The lowest BCUT2D eigenvalue weighted by Gasteiger charge is -2.13. The van der Waals surface area contributed by atoms with Gasteiger partial charge in [-0.3, -0.25) is 4.79 Å². The lowest BCUT2D eigenvalue weighted by Crippen LogP contribution is -2.31. The lowest BCUT2D eigenvalue weighted by atomic mass is 10.3. The molecule has 0 aliphatic carbocycles. The summed E-state index contributed by atoms with van der Waals surface area (Å²) in [5.74, 6) is 0.287. The number of amides is 1. The molecule has 2 rings (SSSR count). The van der Waals surface area contributed by atoms with E-state index in [9.17, 15) is 4.79 Å². The second kappa shape index (κ2) is 3.74. The molecule has 0 spiro atoms. The molecule has 1 atom stereocenters. The van der Waals surface area contributed by atoms with Gasteiger partial charge in [0.1, 0.15) is 0 Å². The summed E-state index contributed by atoms with van der Waals surface area (Å²) in [4.78, 5) is 13.5. The van der Waals surface area contributed by atoms with E-state index in [4.69, 9.17) is 10.2 Å². The Morgan fingerprint density at radius 2 is 2.43 bits per heavy atom. The Kier molecular flexibility index (Phi) is 2.60. The molecular formula is C9H11BrN2O2. The third kappa shape index (κ3) is 1.83. The van der Waals surface area contributed by atoms with E-state index in [-0.39, 0.29) is 11.9 Å². The largest absolute Gasteiger partial charge is 0.444 e. The highest BCUT2D eigenvalue weighted by molar-refractivity contribution is 9.10. The fraction of sp³-hybridized carbons (Fsp3) is 0.444. The van der Waals surface area contributed by atoms with Gasteiger partial charge in [0.15, 0.2) is 10.4 Å². The Bertz CT molecular complexity index is 350. The van der Waals surface area contributed by atoms with Gasteiger partial charge in [-0.1, -0.05) is 0 Å². The number of furan rings is 1. The fourth-order valence-electron chi connectivity index (χ4n) is 1.56. The predicted octanol–water partition coefficient (Wildman–Crippen LogP) is 1.22. The van der Waals surface area contributed by atoms with Crippen molar-refractivity contribution in [2.24, 2.45) is 5.73 Å². The Morgan fingerprint density at radius 1 is 1.64 bits per heavy atom. The van der Waals surface area contributed by atoms with Gasteiger partial charge in [0.05, 0.1) is 0 Å². The van der Waals surface area contributed by atoms with E-state index in [1.165, 1.54) is 0 Å². The number of hydrogen-bond donors (Lipinski definition) is 1. The van der Waals surface area contributed by atoms with Gasteiger partial charge in [-0.15, -0.1) is 0 Å². The van der Waals surface area contributed by atoms with E-state index < -0.39 is 0 Å². The Hall–Kier alpha value is -0.810. The van der Waals surface area contributed by atoms with Crippen LogP contribution >= 0.6 is 15.9 Å². The standard InChI is InChI=1S/C9H11BrN2O2/c10-8-2-1-7(14-8)9(13)12-4-3-6(11)5-12/h1-2,6H,3-5,11H2. The van der Waals surface area contributed by atoms with Crippen LogP contribution in [-0.4, -0.2) is 29.9 Å². The number of likely N-dealkylation sites (tertiary alicyclic amines) is 1. The first-order chi connectivity index (χ1) is 6.66. The van der Waals surface area contributed by atoms with Gasteiger partial charge in [-0.05, 0) is 34.5 Å². The van der Waals surface area contributed by atoms with Crippen molar-refractivity contribution in [3.05, 3.63) is 22.6 Å². The topological polar surface area (TPSA) is 59.5 Å². The number of hydrogen-bond acceptors (Lipinski definition) is 3. The maximum absolute atomic E-state index is 11.8. The predicted molar refractivity (Wildman–Crippen MR) is 54.9 cm³/mol. The van der Waals surface area contributed by atoms with Crippen molar-refractivity contribution in [3.63, 3.8) is 0 Å². The zero-order chi connectivity index (χ0) is 10.1. The van der Waals surface area contributed by atoms with Crippen molar-refractivity contribution < 1.29 is 9.21 Å². The molecule has 0 radical (unpaired) electrons. The van der Waals surface area contributed by atoms with E-state index in [0.29, 0.717) is 17.0 Å². The molecule has 1 amide bonds. The molecule has 5 heteroatoms. The molecule has 1 fully saturated rings. The van der Waals surface area contributed by atoms with Crippen LogP contribution in [-0.2, 0) is 0 Å². The number of nitrogens with zero attached hydrogens (tertiary/aromatic N) is 1. The average molecular weight is 259 g/mol. The molecule has 1 aromatic heterocycles. The van der Waals surface area contributed by atoms with Crippen molar-refractivity contribution in [3.8, 4) is 0 Å². The second-order valence-corrected chi connectivity index (χ2v) is 4.19. The van der Waals surface area contributed by atoms with E-state index in [1.807, 2.05) is 0 Å². The summed E-state index contributed by atoms with van der Waals surface area (Å²) in [6, 6.07) is 3.48. The minimum atomic E-state index is -0.0800. The summed E-state index contributed by atoms with van der Waals surface area (Å²) in [7, 11) is 0. The number of carbonyl (C=O) groups excluding carboxylic acids is 1. The summed E-state index contributed by atoms with van der Waals surface area (Å²) in [6.07, 6.45) is 0.869. The zero-order valence-electron chi connectivity index (χ0n) is 7.57. The third-order valence-corrected chi connectivity index (χ3v) is 2.72. The van der Waals surface area contributed by atoms with Crippen molar-refractivity contribution >= 4 is 21.8 Å². The number of nitrogens with two attached hydrogens (primary N) is 1. The van der Waals surface area contributed by atoms with Crippen LogP contribution in [0.1, 0.15) is 17.0 Å². The van der Waals surface area contributed by atoms with Crippen molar-refractivity contribution in [2.75, 3.05) is 13.1 Å². The highest BCUT2D eigenvalue weighted by atomic mass is 79.9. The van der Waals surface area contributed by atoms with Gasteiger partial charge in [-0.2, -0.15) is 0 Å². The summed E-state index contributed by atoms with van der Waals surface area (Å²) >= 11 is 3.16. The highest BCUT2D eigenvalue weighted by Gasteiger charge is 2.26. The molecule has 0 saturated carbocycles. The molecule has 76 valence electrons. The van der Waals surface area contributed by atoms with Gasteiger partial charge < -0.3 is 15.1 Å². The first-order valence-corrected chi connectivity index (χ1v) is 5.26. The molecule has 0 aromatic carbocycles. The van der Waals surface area contributed by atoms with Crippen LogP contribution in [0.4, 0.5) is 0 Å². The molecule has 2 N–H and O–H groups in total. The quantitative estimate of drug-likeness (QED) is 0.824. The maximum Gasteiger partial charge on any atom is 0.289 e. The van der Waals surface area contributed by atoms with Crippen molar-refractivity contribution in [2.45, 2.75) is 12.5 Å². The SMILES string of the molecule is NC1CCN(C(=O)c2ccc(Br)o2)C1. The molecule has 14 heavy (non-hydrogen) atoms. The van der Waals surface area contributed by atoms with Crippen LogP contribution in [0, 0.1) is 0 Å². The minimum absolute atomic E-state index is 0.0800. The number of rotatable bonds is 1. The van der Waals surface area contributed by atoms with E-state index in [0.717, 1.165) is 13.0 Å². The van der Waals surface area contributed by atoms with Crippen molar-refractivity contribution in [1.82, 2.24) is 4.90 Å². The molecular weight excluding hydrogens is 248 g/mol. The Labute approximate surface area is 90.2 Å². The second-order valence-electron chi connectivity index (χ2n) is 3.40. The normalized spacial score (nSPS) is 21.6. The zero-order valence-corrected chi connectivity index (χ0v) is 9.16. The summed E-state index contributed by atoms with van der Waals surface area (Å²) in [5, 5.41) is 0. The van der Waals surface area contributed by atoms with Crippen LogP contribution in [0.15, 0.2) is 21.2 Å². The Morgan fingerprint density at radius 3 is 2.93 bits per heavy atom. The first kappa shape index (κ1) is 9.73. The molecule has 1 saturated heterocycles. The number of carbonyl (C=O) groups is 1. The highest BCUT2D eigenvalue weighted by Crippen LogP contribution is 2.17. The smallest absolute Gasteiger partial charge is 0.289 e. The maximum atomic E-state index is 11.8. The van der Waals surface area contributed by atoms with Gasteiger partial charge in [0, 0.05) is 19.1 Å². The van der Waals surface area contributed by atoms with Gasteiger partial charge in [-0.25, -0.2) is 0 Å². The third-order valence-electron chi connectivity index (χ3n) is 2.30. The van der Waals surface area contributed by atoms with Crippen LogP contribution in [0.3, 0.4) is 0 Å². The van der Waals surface area contributed by atoms with Crippen LogP contribution in [0.5, 0.6) is 0 Å². The van der Waals surface area contributed by atoms with Crippen LogP contribution < -0.4 is 5.73 Å². The first-order valence-electron chi connectivity index (χ1n) is 4.47. The molecule has 2 heterocycles. The van der Waals surface area contributed by atoms with Gasteiger partial charge in [0.2, 0.25) is 0 Å². The average Bonchev–Trinajstić information content (AvgIpc) is 2.73. The van der Waals surface area contributed by atoms with E-state index in [2.05, 4.69) is 15.9 Å². The molecule has 1 aliphatic rings. The molecule has 0 bridgehead atoms. The lowest BCUT2D eigenvalue weighted by molar-refractivity contribution is 0.0758. The van der Waals surface area contributed by atoms with Gasteiger partial charge in [0.25, 0.3) is 5.91 Å². The molecule has 1 aliphatic heterocycles. The summed E-state index contributed by atoms with van der Waals surface area (Å²) < 4.78 is 5.75. The number of halogens is 1. The monoisotopic (exact) mass is 258 g/mol. The van der Waals surface area contributed by atoms with E-state index in [1.54, 1.807) is 17.0 Å². The minimum Gasteiger partial charge on any atom is -0.444 e. The van der Waals surface area contributed by atoms with E-state index >= 15 is 0 Å². The van der Waals surface area contributed by atoms with Gasteiger partial charge >= 0.3 is 0 Å². The van der Waals surface area contributed by atoms with Crippen molar-refractivity contribution in [1.29, 1.82) is 0 Å². The fourth-order valence-corrected chi connectivity index (χ4v) is 1.86. The Balaban J connectivity index is 2.09. The molecule has 1 unspecified atom stereocenters. The summed E-state index contributed by atoms with van der Waals surface area (Å²) in [6.45, 7) is 1.34. The molecule has 4 nitrogen and oxygen atoms in total. The van der Waals surface area contributed by atoms with Crippen LogP contribution in [0.2, 0.25) is 0 Å².